The van der Waals surface area contributed by atoms with Crippen molar-refractivity contribution in [1.82, 2.24) is 0 Å². The van der Waals surface area contributed by atoms with Crippen molar-refractivity contribution in [3.05, 3.63) is 59.1 Å². The smallest absolute Gasteiger partial charge is 0.247 e. The van der Waals surface area contributed by atoms with Gasteiger partial charge in [0.15, 0.2) is 0 Å². The lowest BCUT2D eigenvalue weighted by Gasteiger charge is -2.37. The summed E-state index contributed by atoms with van der Waals surface area (Å²) in [4.78, 5) is 13.3. The van der Waals surface area contributed by atoms with Crippen molar-refractivity contribution in [2.45, 2.75) is 16.9 Å². The van der Waals surface area contributed by atoms with Crippen LogP contribution in [-0.4, -0.2) is 11.7 Å². The minimum Gasteiger partial charge on any atom is -0.368 e. The van der Waals surface area contributed by atoms with Crippen LogP contribution in [0.25, 0.3) is 0 Å². The number of rotatable bonds is 3. The number of halogens is 1. The highest BCUT2D eigenvalue weighted by atomic mass is 35.5. The second-order valence-corrected chi connectivity index (χ2v) is 6.57. The van der Waals surface area contributed by atoms with Gasteiger partial charge in [-0.25, -0.2) is 0 Å². The van der Waals surface area contributed by atoms with Crippen molar-refractivity contribution in [3.8, 4) is 0 Å². The highest BCUT2D eigenvalue weighted by Crippen LogP contribution is 2.42. The molecule has 1 unspecified atom stereocenters. The van der Waals surface area contributed by atoms with Gasteiger partial charge in [-0.2, -0.15) is 0 Å². The minimum atomic E-state index is -0.882. The minimum absolute atomic E-state index is 0.366. The molecule has 21 heavy (non-hydrogen) atoms. The fraction of sp³-hybridized carbons (Fsp3) is 0.188. The van der Waals surface area contributed by atoms with Gasteiger partial charge in [-0.1, -0.05) is 35.9 Å². The van der Waals surface area contributed by atoms with Gasteiger partial charge >= 0.3 is 0 Å². The van der Waals surface area contributed by atoms with Gasteiger partial charge in [0.2, 0.25) is 5.91 Å². The third-order valence-corrected chi connectivity index (χ3v) is 4.99. The summed E-state index contributed by atoms with van der Waals surface area (Å²) in [5.41, 5.74) is 6.61. The van der Waals surface area contributed by atoms with Crippen LogP contribution in [0.4, 0.5) is 5.69 Å². The number of carbonyl (C=O) groups is 1. The number of hydrogen-bond donors (Lipinski definition) is 2. The Hall–Kier alpha value is -1.65. The van der Waals surface area contributed by atoms with E-state index in [1.807, 2.05) is 36.4 Å². The number of benzene rings is 2. The molecule has 0 fully saturated rings. The maximum atomic E-state index is 12.2. The van der Waals surface area contributed by atoms with Crippen molar-refractivity contribution in [3.63, 3.8) is 0 Å². The zero-order valence-corrected chi connectivity index (χ0v) is 12.9. The SMILES string of the molecule is NC(=O)C1(Nc2cccc(Cl)c2)CCSc2ccccc21. The Kier molecular flexibility index (Phi) is 3.83. The first kappa shape index (κ1) is 14.3. The van der Waals surface area contributed by atoms with Crippen LogP contribution in [-0.2, 0) is 10.3 Å². The molecule has 3 nitrogen and oxygen atoms in total. The Bertz CT molecular complexity index is 691. The summed E-state index contributed by atoms with van der Waals surface area (Å²) in [6.07, 6.45) is 0.649. The lowest BCUT2D eigenvalue weighted by Crippen LogP contribution is -2.49. The number of fused-ring (bicyclic) bond motifs is 1. The third-order valence-electron chi connectivity index (χ3n) is 3.68. The summed E-state index contributed by atoms with van der Waals surface area (Å²) in [6, 6.07) is 15.2. The summed E-state index contributed by atoms with van der Waals surface area (Å²) >= 11 is 7.78. The molecule has 1 amide bonds. The van der Waals surface area contributed by atoms with Crippen LogP contribution in [0.3, 0.4) is 0 Å². The summed E-state index contributed by atoms with van der Waals surface area (Å²) in [5, 5.41) is 3.94. The molecule has 2 aromatic rings. The Morgan fingerprint density at radius 2 is 2.05 bits per heavy atom. The standard InChI is InChI=1S/C16H15ClN2OS/c17-11-4-3-5-12(10-11)19-16(15(18)20)8-9-21-14-7-2-1-6-13(14)16/h1-7,10,19H,8-9H2,(H2,18,20). The molecule has 2 aromatic carbocycles. The molecule has 0 spiro atoms. The molecule has 0 aliphatic carbocycles. The van der Waals surface area contributed by atoms with Crippen molar-refractivity contribution < 1.29 is 4.79 Å². The van der Waals surface area contributed by atoms with Crippen LogP contribution in [0, 0.1) is 0 Å². The number of anilines is 1. The molecule has 0 aromatic heterocycles. The zero-order chi connectivity index (χ0) is 14.9. The summed E-state index contributed by atoms with van der Waals surface area (Å²) < 4.78 is 0. The first-order valence-electron chi connectivity index (χ1n) is 6.68. The lowest BCUT2D eigenvalue weighted by molar-refractivity contribution is -0.122. The first-order chi connectivity index (χ1) is 10.1. The molecule has 1 aliphatic rings. The number of hydrogen-bond acceptors (Lipinski definition) is 3. The van der Waals surface area contributed by atoms with Gasteiger partial charge < -0.3 is 11.1 Å². The maximum absolute atomic E-state index is 12.2. The fourth-order valence-corrected chi connectivity index (χ4v) is 4.04. The molecule has 1 aliphatic heterocycles. The van der Waals surface area contributed by atoms with Crippen LogP contribution < -0.4 is 11.1 Å². The summed E-state index contributed by atoms with van der Waals surface area (Å²) in [5.74, 6) is 0.475. The number of primary amides is 1. The molecular formula is C16H15ClN2OS. The molecule has 3 rings (SSSR count). The average molecular weight is 319 g/mol. The second-order valence-electron chi connectivity index (χ2n) is 5.00. The predicted octanol–water partition coefficient (Wildman–Crippen LogP) is 3.63. The molecule has 1 heterocycles. The average Bonchev–Trinajstić information content (AvgIpc) is 2.47. The number of thioether (sulfide) groups is 1. The van der Waals surface area contributed by atoms with Gasteiger partial charge in [0.05, 0.1) is 0 Å². The highest BCUT2D eigenvalue weighted by Gasteiger charge is 2.42. The summed E-state index contributed by atoms with van der Waals surface area (Å²) in [7, 11) is 0. The number of nitrogens with one attached hydrogen (secondary N) is 1. The highest BCUT2D eigenvalue weighted by molar-refractivity contribution is 7.99. The fourth-order valence-electron chi connectivity index (χ4n) is 2.65. The Morgan fingerprint density at radius 3 is 2.81 bits per heavy atom. The zero-order valence-electron chi connectivity index (χ0n) is 11.3. The molecule has 0 radical (unpaired) electrons. The van der Waals surface area contributed by atoms with Crippen molar-refractivity contribution in [1.29, 1.82) is 0 Å². The van der Waals surface area contributed by atoms with Crippen LogP contribution >= 0.6 is 23.4 Å². The van der Waals surface area contributed by atoms with Gasteiger partial charge in [-0.3, -0.25) is 4.79 Å². The van der Waals surface area contributed by atoms with E-state index >= 15 is 0 Å². The Labute approximate surface area is 132 Å². The molecule has 3 N–H and O–H groups in total. The van der Waals surface area contributed by atoms with Crippen LogP contribution in [0.5, 0.6) is 0 Å². The largest absolute Gasteiger partial charge is 0.368 e. The first-order valence-corrected chi connectivity index (χ1v) is 8.04. The van der Waals surface area contributed by atoms with Gasteiger partial charge in [-0.15, -0.1) is 11.8 Å². The molecule has 1 atom stereocenters. The van der Waals surface area contributed by atoms with Crippen LogP contribution in [0.1, 0.15) is 12.0 Å². The third kappa shape index (κ3) is 2.61. The van der Waals surface area contributed by atoms with E-state index < -0.39 is 5.54 Å². The molecule has 5 heteroatoms. The lowest BCUT2D eigenvalue weighted by atomic mass is 9.85. The molecule has 0 bridgehead atoms. The maximum Gasteiger partial charge on any atom is 0.247 e. The van der Waals surface area contributed by atoms with Gasteiger partial charge in [0.25, 0.3) is 0 Å². The molecule has 108 valence electrons. The monoisotopic (exact) mass is 318 g/mol. The van der Waals surface area contributed by atoms with Gasteiger partial charge in [-0.05, 0) is 30.7 Å². The van der Waals surface area contributed by atoms with E-state index in [0.717, 1.165) is 21.9 Å². The van der Waals surface area contributed by atoms with Crippen molar-refractivity contribution in [2.24, 2.45) is 5.73 Å². The molecular weight excluding hydrogens is 304 g/mol. The molecule has 0 saturated carbocycles. The Balaban J connectivity index is 2.08. The predicted molar refractivity (Wildman–Crippen MR) is 87.7 cm³/mol. The number of carbonyl (C=O) groups excluding carboxylic acids is 1. The van der Waals surface area contributed by atoms with Gasteiger partial charge in [0.1, 0.15) is 5.54 Å². The topological polar surface area (TPSA) is 55.1 Å². The van der Waals surface area contributed by atoms with Crippen LogP contribution in [0.2, 0.25) is 5.02 Å². The summed E-state index contributed by atoms with van der Waals surface area (Å²) in [6.45, 7) is 0. The normalized spacial score (nSPS) is 20.6. The van der Waals surface area contributed by atoms with Crippen molar-refractivity contribution in [2.75, 3.05) is 11.1 Å². The quantitative estimate of drug-likeness (QED) is 0.908. The van der Waals surface area contributed by atoms with E-state index in [2.05, 4.69) is 5.32 Å². The van der Waals surface area contributed by atoms with E-state index in [1.165, 1.54) is 0 Å². The Morgan fingerprint density at radius 1 is 1.24 bits per heavy atom. The van der Waals surface area contributed by atoms with Gasteiger partial charge in [0, 0.05) is 26.9 Å². The number of amides is 1. The van der Waals surface area contributed by atoms with Crippen LogP contribution in [0.15, 0.2) is 53.4 Å². The van der Waals surface area contributed by atoms with E-state index in [-0.39, 0.29) is 5.91 Å². The van der Waals surface area contributed by atoms with E-state index in [4.69, 9.17) is 17.3 Å². The van der Waals surface area contributed by atoms with E-state index in [9.17, 15) is 4.79 Å². The van der Waals surface area contributed by atoms with E-state index in [0.29, 0.717) is 11.4 Å². The molecule has 0 saturated heterocycles. The van der Waals surface area contributed by atoms with Crippen molar-refractivity contribution >= 4 is 35.0 Å². The van der Waals surface area contributed by atoms with E-state index in [1.54, 1.807) is 23.9 Å². The second kappa shape index (κ2) is 5.62. The number of nitrogens with two attached hydrogens (primary N) is 1.